The summed E-state index contributed by atoms with van der Waals surface area (Å²) in [5, 5.41) is 11.0. The summed E-state index contributed by atoms with van der Waals surface area (Å²) in [7, 11) is 2.05. The lowest BCUT2D eigenvalue weighted by molar-refractivity contribution is -0.383. The van der Waals surface area contributed by atoms with E-state index in [2.05, 4.69) is 4.90 Å². The Balaban J connectivity index is 2.32. The van der Waals surface area contributed by atoms with Crippen molar-refractivity contribution in [3.05, 3.63) is 28.3 Å². The highest BCUT2D eigenvalue weighted by Gasteiger charge is 2.24. The van der Waals surface area contributed by atoms with Gasteiger partial charge >= 0.3 is 5.69 Å². The van der Waals surface area contributed by atoms with E-state index in [0.29, 0.717) is 5.69 Å². The first-order chi connectivity index (χ1) is 8.09. The summed E-state index contributed by atoms with van der Waals surface area (Å²) < 4.78 is 0. The van der Waals surface area contributed by atoms with Gasteiger partial charge in [0, 0.05) is 26.2 Å². The van der Waals surface area contributed by atoms with Gasteiger partial charge in [-0.1, -0.05) is 6.07 Å². The first-order valence-electron chi connectivity index (χ1n) is 5.56. The topological polar surface area (TPSA) is 75.6 Å². The fourth-order valence-electron chi connectivity index (χ4n) is 2.05. The maximum Gasteiger partial charge on any atom is 0.315 e. The molecule has 0 radical (unpaired) electrons. The van der Waals surface area contributed by atoms with Crippen LogP contribution in [-0.4, -0.2) is 43.0 Å². The van der Waals surface area contributed by atoms with Crippen molar-refractivity contribution in [3.63, 3.8) is 0 Å². The number of nitro groups is 1. The largest absolute Gasteiger partial charge is 0.393 e. The Morgan fingerprint density at radius 2 is 1.94 bits per heavy atom. The molecule has 1 aliphatic heterocycles. The van der Waals surface area contributed by atoms with Crippen LogP contribution < -0.4 is 10.6 Å². The van der Waals surface area contributed by atoms with E-state index in [1.165, 1.54) is 0 Å². The second-order valence-corrected chi connectivity index (χ2v) is 4.26. The average Bonchev–Trinajstić information content (AvgIpc) is 2.29. The van der Waals surface area contributed by atoms with Crippen LogP contribution in [0.25, 0.3) is 0 Å². The number of hydrogen-bond acceptors (Lipinski definition) is 5. The van der Waals surface area contributed by atoms with Gasteiger partial charge in [-0.15, -0.1) is 0 Å². The van der Waals surface area contributed by atoms with Crippen LogP contribution in [0.15, 0.2) is 18.2 Å². The monoisotopic (exact) mass is 236 g/mol. The zero-order chi connectivity index (χ0) is 12.4. The number of benzene rings is 1. The summed E-state index contributed by atoms with van der Waals surface area (Å²) in [5.74, 6) is 0. The molecule has 92 valence electrons. The van der Waals surface area contributed by atoms with Gasteiger partial charge < -0.3 is 15.5 Å². The molecular formula is C11H16N4O2. The molecule has 17 heavy (non-hydrogen) atoms. The number of nitrogens with zero attached hydrogens (tertiary/aromatic N) is 3. The van der Waals surface area contributed by atoms with Gasteiger partial charge in [0.05, 0.1) is 4.92 Å². The van der Waals surface area contributed by atoms with Gasteiger partial charge in [0.2, 0.25) is 0 Å². The predicted octanol–water partition coefficient (Wildman–Crippen LogP) is 0.929. The molecule has 0 unspecified atom stereocenters. The molecule has 0 aromatic heterocycles. The number of para-hydroxylation sites is 1. The number of hydrogen-bond donors (Lipinski definition) is 1. The summed E-state index contributed by atoms with van der Waals surface area (Å²) in [6, 6.07) is 5.09. The number of nitrogens with two attached hydrogens (primary N) is 1. The standard InChI is InChI=1S/C11H16N4O2/c1-13-5-7-14(8-6-13)10-4-2-3-9(12)11(10)15(16)17/h2-4H,5-8,12H2,1H3. The second kappa shape index (κ2) is 4.58. The van der Waals surface area contributed by atoms with Gasteiger partial charge in [-0.05, 0) is 19.2 Å². The number of likely N-dealkylation sites (N-methyl/N-ethyl adjacent to an activating group) is 1. The average molecular weight is 236 g/mol. The molecule has 1 aromatic carbocycles. The summed E-state index contributed by atoms with van der Waals surface area (Å²) >= 11 is 0. The van der Waals surface area contributed by atoms with E-state index in [9.17, 15) is 10.1 Å². The minimum absolute atomic E-state index is 0.0250. The number of nitrogen functional groups attached to an aromatic ring is 1. The minimum atomic E-state index is -0.400. The Morgan fingerprint density at radius 1 is 1.29 bits per heavy atom. The van der Waals surface area contributed by atoms with Gasteiger partial charge in [-0.3, -0.25) is 10.1 Å². The molecule has 2 rings (SSSR count). The van der Waals surface area contributed by atoms with Crippen LogP contribution in [0, 0.1) is 10.1 Å². The van der Waals surface area contributed by atoms with Crippen molar-refractivity contribution < 1.29 is 4.92 Å². The Bertz CT molecular complexity index is 427. The lowest BCUT2D eigenvalue weighted by Gasteiger charge is -2.33. The molecule has 0 spiro atoms. The van der Waals surface area contributed by atoms with Gasteiger partial charge in [0.1, 0.15) is 11.4 Å². The maximum absolute atomic E-state index is 11.0. The maximum atomic E-state index is 11.0. The fourth-order valence-corrected chi connectivity index (χ4v) is 2.05. The molecule has 1 aromatic rings. The van der Waals surface area contributed by atoms with E-state index in [-0.39, 0.29) is 11.4 Å². The SMILES string of the molecule is CN1CCN(c2cccc(N)c2[N+](=O)[O-])CC1. The highest BCUT2D eigenvalue weighted by molar-refractivity contribution is 5.75. The normalized spacial score (nSPS) is 17.1. The zero-order valence-corrected chi connectivity index (χ0v) is 9.80. The van der Waals surface area contributed by atoms with E-state index < -0.39 is 4.92 Å². The highest BCUT2D eigenvalue weighted by Crippen LogP contribution is 2.33. The highest BCUT2D eigenvalue weighted by atomic mass is 16.6. The molecule has 1 saturated heterocycles. The predicted molar refractivity (Wildman–Crippen MR) is 67.2 cm³/mol. The Morgan fingerprint density at radius 3 is 2.53 bits per heavy atom. The van der Waals surface area contributed by atoms with Crippen molar-refractivity contribution in [3.8, 4) is 0 Å². The van der Waals surface area contributed by atoms with Gasteiger partial charge in [0.25, 0.3) is 0 Å². The van der Waals surface area contributed by atoms with E-state index >= 15 is 0 Å². The Kier molecular flexibility index (Phi) is 3.14. The second-order valence-electron chi connectivity index (χ2n) is 4.26. The number of piperazine rings is 1. The third-order valence-electron chi connectivity index (χ3n) is 3.07. The lowest BCUT2D eigenvalue weighted by atomic mass is 10.2. The number of nitro benzene ring substituents is 1. The van der Waals surface area contributed by atoms with E-state index in [4.69, 9.17) is 5.73 Å². The molecular weight excluding hydrogens is 220 g/mol. The molecule has 2 N–H and O–H groups in total. The van der Waals surface area contributed by atoms with Crippen LogP contribution in [0.2, 0.25) is 0 Å². The summed E-state index contributed by atoms with van der Waals surface area (Å²) in [6.45, 7) is 3.40. The smallest absolute Gasteiger partial charge is 0.315 e. The molecule has 1 fully saturated rings. The molecule has 0 atom stereocenters. The first-order valence-corrected chi connectivity index (χ1v) is 5.56. The summed E-state index contributed by atoms with van der Waals surface area (Å²) in [6.07, 6.45) is 0. The number of rotatable bonds is 2. The molecule has 6 nitrogen and oxygen atoms in total. The van der Waals surface area contributed by atoms with Crippen LogP contribution in [0.4, 0.5) is 17.1 Å². The van der Waals surface area contributed by atoms with E-state index in [0.717, 1.165) is 26.2 Å². The summed E-state index contributed by atoms with van der Waals surface area (Å²) in [5.41, 5.74) is 6.56. The zero-order valence-electron chi connectivity index (χ0n) is 9.80. The van der Waals surface area contributed by atoms with Crippen molar-refractivity contribution >= 4 is 17.1 Å². The molecule has 0 aliphatic carbocycles. The Hall–Kier alpha value is -1.82. The molecule has 6 heteroatoms. The van der Waals surface area contributed by atoms with Crippen molar-refractivity contribution in [1.82, 2.24) is 4.90 Å². The van der Waals surface area contributed by atoms with Crippen LogP contribution in [0.5, 0.6) is 0 Å². The molecule has 0 bridgehead atoms. The molecule has 1 aliphatic rings. The Labute approximate surface area is 99.8 Å². The summed E-state index contributed by atoms with van der Waals surface area (Å²) in [4.78, 5) is 14.9. The number of anilines is 2. The van der Waals surface area contributed by atoms with Crippen molar-refractivity contribution in [1.29, 1.82) is 0 Å². The quantitative estimate of drug-likeness (QED) is 0.469. The van der Waals surface area contributed by atoms with Gasteiger partial charge in [0.15, 0.2) is 0 Å². The fraction of sp³-hybridized carbons (Fsp3) is 0.455. The van der Waals surface area contributed by atoms with Crippen LogP contribution in [0.3, 0.4) is 0 Å². The van der Waals surface area contributed by atoms with Gasteiger partial charge in [-0.2, -0.15) is 0 Å². The van der Waals surface area contributed by atoms with Crippen LogP contribution in [-0.2, 0) is 0 Å². The van der Waals surface area contributed by atoms with E-state index in [1.807, 2.05) is 11.9 Å². The third-order valence-corrected chi connectivity index (χ3v) is 3.07. The first kappa shape index (κ1) is 11.7. The van der Waals surface area contributed by atoms with Gasteiger partial charge in [-0.25, -0.2) is 0 Å². The molecule has 0 amide bonds. The van der Waals surface area contributed by atoms with Crippen LogP contribution >= 0.6 is 0 Å². The molecule has 0 saturated carbocycles. The van der Waals surface area contributed by atoms with Crippen molar-refractivity contribution in [2.45, 2.75) is 0 Å². The van der Waals surface area contributed by atoms with Crippen molar-refractivity contribution in [2.75, 3.05) is 43.9 Å². The molecule has 1 heterocycles. The van der Waals surface area contributed by atoms with Crippen molar-refractivity contribution in [2.24, 2.45) is 0 Å². The van der Waals surface area contributed by atoms with E-state index in [1.54, 1.807) is 18.2 Å². The minimum Gasteiger partial charge on any atom is -0.393 e. The van der Waals surface area contributed by atoms with Crippen LogP contribution in [0.1, 0.15) is 0 Å². The lowest BCUT2D eigenvalue weighted by Crippen LogP contribution is -2.44. The third kappa shape index (κ3) is 2.31.